The van der Waals surface area contributed by atoms with E-state index in [4.69, 9.17) is 0 Å². The fourth-order valence-corrected chi connectivity index (χ4v) is 2.28. The molecule has 1 aromatic heterocycles. The number of rotatable bonds is 5. The highest BCUT2D eigenvalue weighted by molar-refractivity contribution is 5.82. The third-order valence-corrected chi connectivity index (χ3v) is 3.22. The van der Waals surface area contributed by atoms with Crippen molar-refractivity contribution in [2.45, 2.75) is 52.0 Å². The lowest BCUT2D eigenvalue weighted by molar-refractivity contribution is -0.117. The van der Waals surface area contributed by atoms with E-state index in [0.29, 0.717) is 18.6 Å². The van der Waals surface area contributed by atoms with E-state index in [9.17, 15) is 4.79 Å². The van der Waals surface area contributed by atoms with E-state index in [1.54, 1.807) is 6.20 Å². The first kappa shape index (κ1) is 12.1. The molecule has 0 atom stereocenters. The predicted octanol–water partition coefficient (Wildman–Crippen LogP) is 2.91. The van der Waals surface area contributed by atoms with E-state index in [0.717, 1.165) is 24.9 Å². The van der Waals surface area contributed by atoms with Gasteiger partial charge in [0.25, 0.3) is 0 Å². The van der Waals surface area contributed by atoms with Crippen molar-refractivity contribution in [2.24, 2.45) is 0 Å². The molecule has 0 radical (unpaired) electrons. The average molecular weight is 232 g/mol. The van der Waals surface area contributed by atoms with Gasteiger partial charge in [0.1, 0.15) is 5.78 Å². The SMILES string of the molecule is CCn1cc(CC(=O)CC2=CCCCC2)cn1. The quantitative estimate of drug-likeness (QED) is 0.732. The summed E-state index contributed by atoms with van der Waals surface area (Å²) >= 11 is 0. The summed E-state index contributed by atoms with van der Waals surface area (Å²) in [6, 6.07) is 0. The second-order valence-electron chi connectivity index (χ2n) is 4.70. The molecular weight excluding hydrogens is 212 g/mol. The van der Waals surface area contributed by atoms with Crippen molar-refractivity contribution >= 4 is 5.78 Å². The number of hydrogen-bond acceptors (Lipinski definition) is 2. The number of hydrogen-bond donors (Lipinski definition) is 0. The first-order valence-electron chi connectivity index (χ1n) is 6.49. The Kier molecular flexibility index (Phi) is 4.13. The molecule has 1 heterocycles. The van der Waals surface area contributed by atoms with Gasteiger partial charge in [0.2, 0.25) is 0 Å². The first-order chi connectivity index (χ1) is 8.28. The van der Waals surface area contributed by atoms with Gasteiger partial charge in [-0.05, 0) is 38.2 Å². The fraction of sp³-hybridized carbons (Fsp3) is 0.571. The second kappa shape index (κ2) is 5.80. The summed E-state index contributed by atoms with van der Waals surface area (Å²) in [6.45, 7) is 2.91. The van der Waals surface area contributed by atoms with Gasteiger partial charge in [-0.3, -0.25) is 9.48 Å². The Bertz CT molecular complexity index is 418. The Balaban J connectivity index is 1.86. The predicted molar refractivity (Wildman–Crippen MR) is 67.8 cm³/mol. The number of carbonyl (C=O) groups is 1. The third kappa shape index (κ3) is 3.55. The zero-order valence-electron chi connectivity index (χ0n) is 10.5. The number of ketones is 1. The van der Waals surface area contributed by atoms with Crippen molar-refractivity contribution in [3.63, 3.8) is 0 Å². The van der Waals surface area contributed by atoms with E-state index >= 15 is 0 Å². The van der Waals surface area contributed by atoms with Crippen LogP contribution in [0.4, 0.5) is 0 Å². The number of Topliss-reactive ketones (excluding diaryl/α,β-unsaturated/α-hetero) is 1. The van der Waals surface area contributed by atoms with Crippen LogP contribution in [0.1, 0.15) is 44.6 Å². The van der Waals surface area contributed by atoms with Crippen LogP contribution in [0.2, 0.25) is 0 Å². The summed E-state index contributed by atoms with van der Waals surface area (Å²) in [6.07, 6.45) is 12.0. The lowest BCUT2D eigenvalue weighted by Gasteiger charge is -2.11. The monoisotopic (exact) mass is 232 g/mol. The van der Waals surface area contributed by atoms with Crippen LogP contribution < -0.4 is 0 Å². The van der Waals surface area contributed by atoms with Gasteiger partial charge >= 0.3 is 0 Å². The lowest BCUT2D eigenvalue weighted by atomic mass is 9.94. The minimum atomic E-state index is 0.314. The van der Waals surface area contributed by atoms with Crippen molar-refractivity contribution in [3.05, 3.63) is 29.6 Å². The standard InChI is InChI=1S/C14H20N2O/c1-2-16-11-13(10-15-16)9-14(17)8-12-6-4-3-5-7-12/h6,10-11H,2-5,7-9H2,1H3. The molecule has 0 amide bonds. The zero-order valence-corrected chi connectivity index (χ0v) is 10.5. The summed E-state index contributed by atoms with van der Waals surface area (Å²) in [7, 11) is 0. The molecule has 1 aliphatic rings. The van der Waals surface area contributed by atoms with Crippen molar-refractivity contribution in [1.82, 2.24) is 9.78 Å². The molecule has 0 saturated carbocycles. The smallest absolute Gasteiger partial charge is 0.141 e. The van der Waals surface area contributed by atoms with Crippen LogP contribution in [0.5, 0.6) is 0 Å². The third-order valence-electron chi connectivity index (χ3n) is 3.22. The van der Waals surface area contributed by atoms with Crippen LogP contribution in [0.3, 0.4) is 0 Å². The number of allylic oxidation sites excluding steroid dienone is 2. The van der Waals surface area contributed by atoms with Gasteiger partial charge in [-0.1, -0.05) is 11.6 Å². The number of carbonyl (C=O) groups excluding carboxylic acids is 1. The highest BCUT2D eigenvalue weighted by Crippen LogP contribution is 2.20. The number of aryl methyl sites for hydroxylation is 1. The van der Waals surface area contributed by atoms with Gasteiger partial charge in [-0.15, -0.1) is 0 Å². The van der Waals surface area contributed by atoms with Gasteiger partial charge in [0, 0.05) is 25.6 Å². The van der Waals surface area contributed by atoms with Gasteiger partial charge in [-0.2, -0.15) is 5.10 Å². The van der Waals surface area contributed by atoms with Crippen LogP contribution in [-0.4, -0.2) is 15.6 Å². The Morgan fingerprint density at radius 1 is 1.41 bits per heavy atom. The maximum atomic E-state index is 11.9. The first-order valence-corrected chi connectivity index (χ1v) is 6.49. The molecule has 1 aliphatic carbocycles. The molecule has 0 saturated heterocycles. The molecule has 3 nitrogen and oxygen atoms in total. The molecule has 3 heteroatoms. The van der Waals surface area contributed by atoms with Crippen LogP contribution in [0.15, 0.2) is 24.0 Å². The van der Waals surface area contributed by atoms with Crippen LogP contribution in [0, 0.1) is 0 Å². The topological polar surface area (TPSA) is 34.9 Å². The maximum absolute atomic E-state index is 11.9. The lowest BCUT2D eigenvalue weighted by Crippen LogP contribution is -2.05. The van der Waals surface area contributed by atoms with Crippen LogP contribution >= 0.6 is 0 Å². The molecule has 0 aliphatic heterocycles. The summed E-state index contributed by atoms with van der Waals surface area (Å²) < 4.78 is 1.86. The normalized spacial score (nSPS) is 15.7. The Morgan fingerprint density at radius 3 is 2.94 bits per heavy atom. The zero-order chi connectivity index (χ0) is 12.1. The molecule has 0 fully saturated rings. The van der Waals surface area contributed by atoms with Crippen LogP contribution in [-0.2, 0) is 17.8 Å². The molecule has 0 aromatic carbocycles. The van der Waals surface area contributed by atoms with Gasteiger partial charge in [0.15, 0.2) is 0 Å². The maximum Gasteiger partial charge on any atom is 0.141 e. The molecule has 0 spiro atoms. The van der Waals surface area contributed by atoms with E-state index in [1.807, 2.05) is 17.8 Å². The Hall–Kier alpha value is -1.38. The number of aromatic nitrogens is 2. The van der Waals surface area contributed by atoms with Gasteiger partial charge in [0.05, 0.1) is 6.20 Å². The average Bonchev–Trinajstić information content (AvgIpc) is 2.78. The number of nitrogens with zero attached hydrogens (tertiary/aromatic N) is 2. The van der Waals surface area contributed by atoms with Crippen molar-refractivity contribution < 1.29 is 4.79 Å². The largest absolute Gasteiger partial charge is 0.299 e. The summed E-state index contributed by atoms with van der Waals surface area (Å²) in [4.78, 5) is 11.9. The molecule has 0 bridgehead atoms. The molecule has 1 aromatic rings. The van der Waals surface area contributed by atoms with Crippen LogP contribution in [0.25, 0.3) is 0 Å². The summed E-state index contributed by atoms with van der Waals surface area (Å²) in [5.41, 5.74) is 2.37. The molecule has 0 unspecified atom stereocenters. The van der Waals surface area contributed by atoms with E-state index in [1.165, 1.54) is 18.4 Å². The van der Waals surface area contributed by atoms with Crippen molar-refractivity contribution in [2.75, 3.05) is 0 Å². The Labute approximate surface area is 103 Å². The summed E-state index contributed by atoms with van der Waals surface area (Å²) in [5.74, 6) is 0.314. The minimum absolute atomic E-state index is 0.314. The highest BCUT2D eigenvalue weighted by atomic mass is 16.1. The molecule has 17 heavy (non-hydrogen) atoms. The van der Waals surface area contributed by atoms with Gasteiger partial charge in [-0.25, -0.2) is 0 Å². The minimum Gasteiger partial charge on any atom is -0.299 e. The fourth-order valence-electron chi connectivity index (χ4n) is 2.28. The Morgan fingerprint density at radius 2 is 2.29 bits per heavy atom. The van der Waals surface area contributed by atoms with Gasteiger partial charge < -0.3 is 0 Å². The summed E-state index contributed by atoms with van der Waals surface area (Å²) in [5, 5.41) is 4.18. The van der Waals surface area contributed by atoms with E-state index < -0.39 is 0 Å². The van der Waals surface area contributed by atoms with Crippen molar-refractivity contribution in [3.8, 4) is 0 Å². The molecule has 2 rings (SSSR count). The van der Waals surface area contributed by atoms with Crippen molar-refractivity contribution in [1.29, 1.82) is 0 Å². The molecule has 92 valence electrons. The highest BCUT2D eigenvalue weighted by Gasteiger charge is 2.10. The molecule has 0 N–H and O–H groups in total. The molecular formula is C14H20N2O. The van der Waals surface area contributed by atoms with E-state index in [2.05, 4.69) is 11.2 Å². The van der Waals surface area contributed by atoms with E-state index in [-0.39, 0.29) is 0 Å². The second-order valence-corrected chi connectivity index (χ2v) is 4.70.